The third-order valence-electron chi connectivity index (χ3n) is 3.72. The molecule has 4 heteroatoms. The molecule has 0 atom stereocenters. The number of ether oxygens (including phenoxy) is 2. The zero-order chi connectivity index (χ0) is 12.5. The van der Waals surface area contributed by atoms with Gasteiger partial charge in [0.2, 0.25) is 6.79 Å². The van der Waals surface area contributed by atoms with E-state index in [9.17, 15) is 10.2 Å². The molecule has 2 N–H and O–H groups in total. The Labute approximate surface area is 101 Å². The van der Waals surface area contributed by atoms with E-state index in [1.54, 1.807) is 12.1 Å². The second kappa shape index (κ2) is 4.45. The van der Waals surface area contributed by atoms with Crippen LogP contribution in [-0.2, 0) is 5.41 Å². The van der Waals surface area contributed by atoms with Gasteiger partial charge in [-0.15, -0.1) is 0 Å². The molecule has 1 heterocycles. The Morgan fingerprint density at radius 3 is 2.29 bits per heavy atom. The van der Waals surface area contributed by atoms with E-state index in [1.165, 1.54) is 0 Å². The van der Waals surface area contributed by atoms with Gasteiger partial charge in [-0.3, -0.25) is 0 Å². The van der Waals surface area contributed by atoms with Crippen LogP contribution >= 0.6 is 0 Å². The minimum atomic E-state index is -0.412. The molecule has 0 saturated carbocycles. The minimum Gasteiger partial charge on any atom is -0.508 e. The summed E-state index contributed by atoms with van der Waals surface area (Å²) in [6.45, 7) is 4.20. The van der Waals surface area contributed by atoms with Gasteiger partial charge < -0.3 is 19.7 Å². The summed E-state index contributed by atoms with van der Waals surface area (Å²) in [5.74, 6) is 1.36. The fourth-order valence-electron chi connectivity index (χ4n) is 2.30. The second-order valence-corrected chi connectivity index (χ2v) is 4.37. The number of hydrogen-bond acceptors (Lipinski definition) is 4. The summed E-state index contributed by atoms with van der Waals surface area (Å²) in [6.07, 6.45) is 1.51. The van der Waals surface area contributed by atoms with Crippen LogP contribution in [0, 0.1) is 0 Å². The number of aliphatic hydroxyl groups excluding tert-OH is 1. The van der Waals surface area contributed by atoms with Crippen molar-refractivity contribution in [3.8, 4) is 17.2 Å². The highest BCUT2D eigenvalue weighted by molar-refractivity contribution is 5.53. The molecule has 17 heavy (non-hydrogen) atoms. The molecule has 0 spiro atoms. The van der Waals surface area contributed by atoms with Crippen LogP contribution in [-0.4, -0.2) is 23.6 Å². The van der Waals surface area contributed by atoms with E-state index >= 15 is 0 Å². The summed E-state index contributed by atoms with van der Waals surface area (Å²) in [7, 11) is 0. The molecule has 4 nitrogen and oxygen atoms in total. The van der Waals surface area contributed by atoms with E-state index in [1.807, 2.05) is 13.8 Å². The normalized spacial score (nSPS) is 14.1. The maximum atomic E-state index is 10.1. The minimum absolute atomic E-state index is 0.00715. The number of phenolic OH excluding ortho intramolecular Hbond substituents is 1. The summed E-state index contributed by atoms with van der Waals surface area (Å²) in [4.78, 5) is 0. The first-order chi connectivity index (χ1) is 8.16. The van der Waals surface area contributed by atoms with Crippen molar-refractivity contribution >= 4 is 0 Å². The summed E-state index contributed by atoms with van der Waals surface area (Å²) >= 11 is 0. The molecular formula is C13H18O4. The zero-order valence-corrected chi connectivity index (χ0v) is 10.2. The SMILES string of the molecule is CCC(CC)(CO)c1cc2c(cc1O)OCO2. The molecule has 0 aliphatic carbocycles. The summed E-state index contributed by atoms with van der Waals surface area (Å²) < 4.78 is 10.5. The van der Waals surface area contributed by atoms with Crippen molar-refractivity contribution in [2.75, 3.05) is 13.4 Å². The monoisotopic (exact) mass is 238 g/mol. The molecule has 0 bridgehead atoms. The largest absolute Gasteiger partial charge is 0.508 e. The third kappa shape index (κ3) is 1.82. The van der Waals surface area contributed by atoms with Gasteiger partial charge in [-0.2, -0.15) is 0 Å². The van der Waals surface area contributed by atoms with Crippen molar-refractivity contribution in [1.29, 1.82) is 0 Å². The third-order valence-corrected chi connectivity index (χ3v) is 3.72. The molecule has 0 radical (unpaired) electrons. The Balaban J connectivity index is 2.51. The number of rotatable bonds is 4. The molecular weight excluding hydrogens is 220 g/mol. The summed E-state index contributed by atoms with van der Waals surface area (Å²) in [6, 6.07) is 3.34. The van der Waals surface area contributed by atoms with Crippen molar-refractivity contribution in [2.45, 2.75) is 32.1 Å². The van der Waals surface area contributed by atoms with Crippen LogP contribution in [0.2, 0.25) is 0 Å². The first-order valence-electron chi connectivity index (χ1n) is 5.91. The molecule has 1 aliphatic heterocycles. The van der Waals surface area contributed by atoms with Crippen molar-refractivity contribution in [2.24, 2.45) is 0 Å². The Hall–Kier alpha value is -1.42. The van der Waals surface area contributed by atoms with Gasteiger partial charge in [-0.25, -0.2) is 0 Å². The molecule has 0 aromatic heterocycles. The Bertz CT molecular complexity index is 402. The van der Waals surface area contributed by atoms with Crippen LogP contribution in [0.15, 0.2) is 12.1 Å². The highest BCUT2D eigenvalue weighted by Gasteiger charge is 2.32. The average Bonchev–Trinajstić information content (AvgIpc) is 2.79. The number of aromatic hydroxyl groups is 1. The predicted octanol–water partition coefficient (Wildman–Crippen LogP) is 2.17. The molecule has 0 fully saturated rings. The van der Waals surface area contributed by atoms with Crippen molar-refractivity contribution < 1.29 is 19.7 Å². The van der Waals surface area contributed by atoms with Crippen LogP contribution in [0.1, 0.15) is 32.3 Å². The quantitative estimate of drug-likeness (QED) is 0.844. The molecule has 0 saturated heterocycles. The molecule has 1 aromatic rings. The number of benzene rings is 1. The Morgan fingerprint density at radius 2 is 1.76 bits per heavy atom. The highest BCUT2D eigenvalue weighted by atomic mass is 16.7. The van der Waals surface area contributed by atoms with Crippen LogP contribution in [0.5, 0.6) is 17.2 Å². The molecule has 1 aliphatic rings. The van der Waals surface area contributed by atoms with Gasteiger partial charge in [-0.05, 0) is 18.9 Å². The van der Waals surface area contributed by atoms with E-state index in [4.69, 9.17) is 9.47 Å². The van der Waals surface area contributed by atoms with Crippen molar-refractivity contribution in [1.82, 2.24) is 0 Å². The van der Waals surface area contributed by atoms with E-state index in [0.717, 1.165) is 18.4 Å². The van der Waals surface area contributed by atoms with E-state index in [0.29, 0.717) is 11.5 Å². The lowest BCUT2D eigenvalue weighted by Gasteiger charge is -2.30. The Morgan fingerprint density at radius 1 is 1.18 bits per heavy atom. The zero-order valence-electron chi connectivity index (χ0n) is 10.2. The van der Waals surface area contributed by atoms with E-state index < -0.39 is 5.41 Å². The predicted molar refractivity (Wildman–Crippen MR) is 63.6 cm³/mol. The van der Waals surface area contributed by atoms with E-state index in [-0.39, 0.29) is 19.1 Å². The lowest BCUT2D eigenvalue weighted by molar-refractivity contribution is 0.173. The average molecular weight is 238 g/mol. The van der Waals surface area contributed by atoms with Gasteiger partial charge in [0.15, 0.2) is 11.5 Å². The van der Waals surface area contributed by atoms with Gasteiger partial charge in [0, 0.05) is 17.0 Å². The van der Waals surface area contributed by atoms with Gasteiger partial charge in [0.05, 0.1) is 6.61 Å². The smallest absolute Gasteiger partial charge is 0.231 e. The second-order valence-electron chi connectivity index (χ2n) is 4.37. The lowest BCUT2D eigenvalue weighted by atomic mass is 9.76. The highest BCUT2D eigenvalue weighted by Crippen LogP contribution is 2.44. The van der Waals surface area contributed by atoms with Crippen LogP contribution in [0.25, 0.3) is 0 Å². The summed E-state index contributed by atoms with van der Waals surface area (Å²) in [5, 5.41) is 19.7. The molecule has 0 amide bonds. The molecule has 94 valence electrons. The lowest BCUT2D eigenvalue weighted by Crippen LogP contribution is -2.29. The first kappa shape index (κ1) is 12.0. The van der Waals surface area contributed by atoms with Crippen LogP contribution in [0.4, 0.5) is 0 Å². The maximum absolute atomic E-state index is 10.1. The molecule has 0 unspecified atom stereocenters. The van der Waals surface area contributed by atoms with E-state index in [2.05, 4.69) is 0 Å². The maximum Gasteiger partial charge on any atom is 0.231 e. The fraction of sp³-hybridized carbons (Fsp3) is 0.538. The Kier molecular flexibility index (Phi) is 3.15. The summed E-state index contributed by atoms with van der Waals surface area (Å²) in [5.41, 5.74) is 0.319. The topological polar surface area (TPSA) is 58.9 Å². The molecule has 1 aromatic carbocycles. The van der Waals surface area contributed by atoms with Gasteiger partial charge in [0.25, 0.3) is 0 Å². The number of aliphatic hydroxyl groups is 1. The molecule has 2 rings (SSSR count). The number of hydrogen-bond donors (Lipinski definition) is 2. The van der Waals surface area contributed by atoms with Crippen LogP contribution < -0.4 is 9.47 Å². The van der Waals surface area contributed by atoms with Gasteiger partial charge in [0.1, 0.15) is 5.75 Å². The first-order valence-corrected chi connectivity index (χ1v) is 5.91. The van der Waals surface area contributed by atoms with Gasteiger partial charge >= 0.3 is 0 Å². The fourth-order valence-corrected chi connectivity index (χ4v) is 2.30. The van der Waals surface area contributed by atoms with Crippen molar-refractivity contribution in [3.63, 3.8) is 0 Å². The van der Waals surface area contributed by atoms with Crippen LogP contribution in [0.3, 0.4) is 0 Å². The number of phenols is 1. The standard InChI is InChI=1S/C13H18O4/c1-3-13(4-2,7-14)9-5-11-12(6-10(9)15)17-8-16-11/h5-6,14-15H,3-4,7-8H2,1-2H3. The number of fused-ring (bicyclic) bond motifs is 1. The van der Waals surface area contributed by atoms with Crippen molar-refractivity contribution in [3.05, 3.63) is 17.7 Å². The van der Waals surface area contributed by atoms with Gasteiger partial charge in [-0.1, -0.05) is 13.8 Å².